The first-order valence-electron chi connectivity index (χ1n) is 9.35. The molecule has 0 spiro atoms. The Balaban J connectivity index is 1.39. The molecule has 0 saturated carbocycles. The van der Waals surface area contributed by atoms with Gasteiger partial charge in [0.25, 0.3) is 0 Å². The lowest BCUT2D eigenvalue weighted by Crippen LogP contribution is -2.19. The summed E-state index contributed by atoms with van der Waals surface area (Å²) in [5.41, 5.74) is 5.64. The van der Waals surface area contributed by atoms with E-state index in [-0.39, 0.29) is 5.78 Å². The maximum absolute atomic E-state index is 13.1. The van der Waals surface area contributed by atoms with E-state index in [1.165, 1.54) is 0 Å². The summed E-state index contributed by atoms with van der Waals surface area (Å²) >= 11 is 0. The number of fused-ring (bicyclic) bond motifs is 2. The molecule has 2 aromatic carbocycles. The van der Waals surface area contributed by atoms with Gasteiger partial charge in [-0.15, -0.1) is 0 Å². The number of carbonyl (C=O) groups is 1. The number of nitrogens with zero attached hydrogens (tertiary/aromatic N) is 2. The van der Waals surface area contributed by atoms with Crippen LogP contribution >= 0.6 is 0 Å². The van der Waals surface area contributed by atoms with Gasteiger partial charge < -0.3 is 14.9 Å². The van der Waals surface area contributed by atoms with Gasteiger partial charge >= 0.3 is 0 Å². The summed E-state index contributed by atoms with van der Waals surface area (Å²) in [6.45, 7) is 3.46. The second-order valence-electron chi connectivity index (χ2n) is 7.18. The van der Waals surface area contributed by atoms with E-state index >= 15 is 0 Å². The molecule has 5 nitrogen and oxygen atoms in total. The number of aromatic nitrogens is 3. The molecule has 0 amide bonds. The Morgan fingerprint density at radius 2 is 2.07 bits per heavy atom. The summed E-state index contributed by atoms with van der Waals surface area (Å²) in [7, 11) is 0. The summed E-state index contributed by atoms with van der Waals surface area (Å²) in [5.74, 6) is 0.974. The van der Waals surface area contributed by atoms with E-state index in [2.05, 4.69) is 38.2 Å². The van der Waals surface area contributed by atoms with Crippen molar-refractivity contribution in [3.8, 4) is 0 Å². The van der Waals surface area contributed by atoms with E-state index in [0.717, 1.165) is 46.8 Å². The normalized spacial score (nSPS) is 13.1. The fraction of sp³-hybridized carbons (Fsp3) is 0.130. The maximum atomic E-state index is 13.1. The molecule has 28 heavy (non-hydrogen) atoms. The van der Waals surface area contributed by atoms with E-state index in [9.17, 15) is 4.79 Å². The van der Waals surface area contributed by atoms with Crippen LogP contribution in [0.3, 0.4) is 0 Å². The highest BCUT2D eigenvalue weighted by atomic mass is 16.1. The molecular weight excluding hydrogens is 348 g/mol. The van der Waals surface area contributed by atoms with E-state index in [1.807, 2.05) is 49.4 Å². The van der Waals surface area contributed by atoms with Crippen molar-refractivity contribution >= 4 is 22.8 Å². The summed E-state index contributed by atoms with van der Waals surface area (Å²) in [4.78, 5) is 26.3. The standard InChI is InChI=1S/C23H20N4O/c1-15-25-21-9-10-27(14-22(21)26-15)13-16-5-4-6-17(11-16)23(28)19-12-24-20-8-3-2-7-18(19)20/h2-12,24H,13-14H2,1H3,(H,25,26). The van der Waals surface area contributed by atoms with Gasteiger partial charge in [-0.2, -0.15) is 0 Å². The van der Waals surface area contributed by atoms with Gasteiger partial charge in [0.05, 0.1) is 17.9 Å². The minimum atomic E-state index is 0.0405. The van der Waals surface area contributed by atoms with Crippen molar-refractivity contribution in [2.24, 2.45) is 0 Å². The molecule has 0 aliphatic carbocycles. The number of hydrogen-bond donors (Lipinski definition) is 2. The van der Waals surface area contributed by atoms with Crippen LogP contribution in [0.25, 0.3) is 17.0 Å². The molecule has 1 aliphatic rings. The average molecular weight is 368 g/mol. The number of aromatic amines is 2. The van der Waals surface area contributed by atoms with Gasteiger partial charge in [0.1, 0.15) is 5.82 Å². The minimum Gasteiger partial charge on any atom is -0.367 e. The van der Waals surface area contributed by atoms with Crippen LogP contribution in [0.4, 0.5) is 0 Å². The Morgan fingerprint density at radius 1 is 1.18 bits per heavy atom. The lowest BCUT2D eigenvalue weighted by Gasteiger charge is -2.23. The van der Waals surface area contributed by atoms with Gasteiger partial charge in [0.15, 0.2) is 5.78 Å². The topological polar surface area (TPSA) is 64.8 Å². The number of imidazole rings is 1. The molecule has 4 aromatic rings. The molecule has 2 aromatic heterocycles. The van der Waals surface area contributed by atoms with Crippen molar-refractivity contribution in [1.82, 2.24) is 19.9 Å². The van der Waals surface area contributed by atoms with E-state index in [4.69, 9.17) is 0 Å². The Morgan fingerprint density at radius 3 is 3.00 bits per heavy atom. The molecule has 0 saturated heterocycles. The molecule has 0 bridgehead atoms. The van der Waals surface area contributed by atoms with E-state index in [0.29, 0.717) is 11.1 Å². The molecule has 0 unspecified atom stereocenters. The second kappa shape index (κ2) is 6.53. The SMILES string of the molecule is Cc1nc2c([nH]1)C=CN(Cc1cccc(C(=O)c3c[nH]c4ccccc34)c1)C2. The Hall–Kier alpha value is -3.60. The van der Waals surface area contributed by atoms with Gasteiger partial charge in [-0.05, 0) is 30.7 Å². The molecule has 5 rings (SSSR count). The highest BCUT2D eigenvalue weighted by molar-refractivity contribution is 6.16. The van der Waals surface area contributed by atoms with E-state index < -0.39 is 0 Å². The Labute approximate surface area is 162 Å². The summed E-state index contributed by atoms with van der Waals surface area (Å²) in [5, 5.41) is 0.957. The van der Waals surface area contributed by atoms with Gasteiger partial charge in [0.2, 0.25) is 0 Å². The number of H-pyrrole nitrogens is 2. The largest absolute Gasteiger partial charge is 0.367 e. The first-order valence-corrected chi connectivity index (χ1v) is 9.35. The average Bonchev–Trinajstić information content (AvgIpc) is 3.30. The minimum absolute atomic E-state index is 0.0405. The zero-order chi connectivity index (χ0) is 19.1. The molecule has 1 aliphatic heterocycles. The molecule has 0 atom stereocenters. The fourth-order valence-corrected chi connectivity index (χ4v) is 3.81. The van der Waals surface area contributed by atoms with Crippen LogP contribution in [0.2, 0.25) is 0 Å². The molecule has 3 heterocycles. The smallest absolute Gasteiger partial charge is 0.195 e. The molecule has 0 radical (unpaired) electrons. The Kier molecular flexibility index (Phi) is 3.86. The third-order valence-electron chi connectivity index (χ3n) is 5.14. The number of hydrogen-bond acceptors (Lipinski definition) is 3. The van der Waals surface area contributed by atoms with Crippen molar-refractivity contribution in [2.75, 3.05) is 0 Å². The molecular formula is C23H20N4O. The zero-order valence-electron chi connectivity index (χ0n) is 15.6. The lowest BCUT2D eigenvalue weighted by atomic mass is 10.0. The van der Waals surface area contributed by atoms with Crippen LogP contribution in [0.15, 0.2) is 60.9 Å². The predicted molar refractivity (Wildman–Crippen MR) is 110 cm³/mol. The van der Waals surface area contributed by atoms with Crippen molar-refractivity contribution in [3.63, 3.8) is 0 Å². The summed E-state index contributed by atoms with van der Waals surface area (Å²) < 4.78 is 0. The van der Waals surface area contributed by atoms with Crippen molar-refractivity contribution in [2.45, 2.75) is 20.0 Å². The summed E-state index contributed by atoms with van der Waals surface area (Å²) in [6, 6.07) is 15.8. The van der Waals surface area contributed by atoms with Crippen LogP contribution in [0.1, 0.15) is 38.7 Å². The molecule has 2 N–H and O–H groups in total. The first-order chi connectivity index (χ1) is 13.7. The number of nitrogens with one attached hydrogen (secondary N) is 2. The zero-order valence-corrected chi connectivity index (χ0v) is 15.6. The lowest BCUT2D eigenvalue weighted by molar-refractivity contribution is 0.104. The number of ketones is 1. The van der Waals surface area contributed by atoms with Crippen molar-refractivity contribution < 1.29 is 4.79 Å². The number of benzene rings is 2. The van der Waals surface area contributed by atoms with Gasteiger partial charge in [-0.1, -0.05) is 36.4 Å². The van der Waals surface area contributed by atoms with Gasteiger partial charge in [-0.25, -0.2) is 4.98 Å². The monoisotopic (exact) mass is 368 g/mol. The first kappa shape index (κ1) is 16.6. The van der Waals surface area contributed by atoms with Crippen LogP contribution in [0.5, 0.6) is 0 Å². The van der Waals surface area contributed by atoms with Gasteiger partial charge in [-0.3, -0.25) is 4.79 Å². The predicted octanol–water partition coefficient (Wildman–Crippen LogP) is 4.42. The van der Waals surface area contributed by atoms with Crippen LogP contribution in [-0.2, 0) is 13.1 Å². The quantitative estimate of drug-likeness (QED) is 0.524. The number of aryl methyl sites for hydroxylation is 1. The second-order valence-corrected chi connectivity index (χ2v) is 7.18. The molecule has 0 fully saturated rings. The third kappa shape index (κ3) is 2.91. The number of rotatable bonds is 4. The van der Waals surface area contributed by atoms with Crippen LogP contribution in [0, 0.1) is 6.92 Å². The number of para-hydroxylation sites is 1. The highest BCUT2D eigenvalue weighted by Gasteiger charge is 2.17. The number of carbonyl (C=O) groups excluding carboxylic acids is 1. The van der Waals surface area contributed by atoms with Crippen molar-refractivity contribution in [3.05, 3.63) is 94.8 Å². The van der Waals surface area contributed by atoms with Crippen LogP contribution in [-0.4, -0.2) is 25.6 Å². The van der Waals surface area contributed by atoms with Gasteiger partial charge in [0, 0.05) is 41.0 Å². The third-order valence-corrected chi connectivity index (χ3v) is 5.14. The molecule has 5 heteroatoms. The van der Waals surface area contributed by atoms with Crippen LogP contribution < -0.4 is 0 Å². The highest BCUT2D eigenvalue weighted by Crippen LogP contribution is 2.23. The van der Waals surface area contributed by atoms with E-state index in [1.54, 1.807) is 6.20 Å². The Bertz CT molecular complexity index is 1210. The fourth-order valence-electron chi connectivity index (χ4n) is 3.81. The maximum Gasteiger partial charge on any atom is 0.195 e. The summed E-state index contributed by atoms with van der Waals surface area (Å²) in [6.07, 6.45) is 5.93. The molecule has 138 valence electrons. The van der Waals surface area contributed by atoms with Crippen molar-refractivity contribution in [1.29, 1.82) is 0 Å².